The molecule has 1 N–H and O–H groups in total. The Morgan fingerprint density at radius 3 is 2.59 bits per heavy atom. The van der Waals surface area contributed by atoms with E-state index in [4.69, 9.17) is 4.52 Å². The van der Waals surface area contributed by atoms with Crippen LogP contribution >= 0.6 is 0 Å². The fourth-order valence-electron chi connectivity index (χ4n) is 4.24. The fourth-order valence-corrected chi connectivity index (χ4v) is 4.24. The number of aromatic nitrogens is 4. The molecule has 1 aromatic carbocycles. The maximum atomic E-state index is 13.5. The second-order valence-electron chi connectivity index (χ2n) is 8.45. The standard InChI is InChI=1S/C24H23FN6O3/c1-14-21-19(11-20(28-23(21)34-29-14)15-3-5-17(25)6-4-15)24(33)31-9-7-18(8-10-31)27-22(32)16-12-26-30(2)13-16/h3-6,11-13,18H,7-10H2,1-2H3,(H,27,32). The van der Waals surface area contributed by atoms with Crippen LogP contribution in [0.3, 0.4) is 0 Å². The van der Waals surface area contributed by atoms with Crippen molar-refractivity contribution in [1.29, 1.82) is 0 Å². The van der Waals surface area contributed by atoms with Crippen LogP contribution in [0.2, 0.25) is 0 Å². The Labute approximate surface area is 194 Å². The smallest absolute Gasteiger partial charge is 0.259 e. The molecule has 0 spiro atoms. The van der Waals surface area contributed by atoms with Crippen molar-refractivity contribution in [3.8, 4) is 11.3 Å². The van der Waals surface area contributed by atoms with Crippen LogP contribution in [-0.4, -0.2) is 55.8 Å². The number of nitrogens with one attached hydrogen (secondary N) is 1. The number of carbonyl (C=O) groups excluding carboxylic acids is 2. The van der Waals surface area contributed by atoms with Crippen molar-refractivity contribution < 1.29 is 18.5 Å². The summed E-state index contributed by atoms with van der Waals surface area (Å²) in [6.07, 6.45) is 4.48. The number of fused-ring (bicyclic) bond motifs is 1. The largest absolute Gasteiger partial charge is 0.349 e. The van der Waals surface area contributed by atoms with Crippen molar-refractivity contribution in [2.45, 2.75) is 25.8 Å². The predicted molar refractivity (Wildman–Crippen MR) is 122 cm³/mol. The van der Waals surface area contributed by atoms with Gasteiger partial charge in [0.05, 0.1) is 34.1 Å². The van der Waals surface area contributed by atoms with Crippen LogP contribution in [-0.2, 0) is 7.05 Å². The summed E-state index contributed by atoms with van der Waals surface area (Å²) in [7, 11) is 1.76. The molecule has 3 aromatic heterocycles. The Balaban J connectivity index is 1.35. The maximum absolute atomic E-state index is 13.5. The number of hydrogen-bond donors (Lipinski definition) is 1. The average molecular weight is 462 g/mol. The van der Waals surface area contributed by atoms with E-state index >= 15 is 0 Å². The first kappa shape index (κ1) is 21.7. The highest BCUT2D eigenvalue weighted by Gasteiger charge is 2.28. The Morgan fingerprint density at radius 2 is 1.91 bits per heavy atom. The van der Waals surface area contributed by atoms with Crippen molar-refractivity contribution in [2.75, 3.05) is 13.1 Å². The minimum atomic E-state index is -0.352. The number of likely N-dealkylation sites (tertiary alicyclic amines) is 1. The van der Waals surface area contributed by atoms with Gasteiger partial charge >= 0.3 is 0 Å². The van der Waals surface area contributed by atoms with Gasteiger partial charge in [-0.2, -0.15) is 5.10 Å². The average Bonchev–Trinajstić information content (AvgIpc) is 3.45. The molecule has 1 fully saturated rings. The zero-order valence-corrected chi connectivity index (χ0v) is 18.8. The molecule has 10 heteroatoms. The van der Waals surface area contributed by atoms with Gasteiger partial charge in [0, 0.05) is 37.9 Å². The van der Waals surface area contributed by atoms with E-state index in [1.807, 2.05) is 0 Å². The van der Waals surface area contributed by atoms with Gasteiger partial charge in [0.1, 0.15) is 5.82 Å². The first-order valence-corrected chi connectivity index (χ1v) is 11.0. The Bertz CT molecular complexity index is 1370. The second kappa shape index (κ2) is 8.69. The van der Waals surface area contributed by atoms with Crippen molar-refractivity contribution in [3.63, 3.8) is 0 Å². The highest BCUT2D eigenvalue weighted by atomic mass is 19.1. The summed E-state index contributed by atoms with van der Waals surface area (Å²) < 4.78 is 20.3. The summed E-state index contributed by atoms with van der Waals surface area (Å²) in [4.78, 5) is 32.2. The zero-order valence-electron chi connectivity index (χ0n) is 18.8. The molecule has 2 amide bonds. The van der Waals surface area contributed by atoms with Gasteiger partial charge < -0.3 is 14.7 Å². The van der Waals surface area contributed by atoms with Crippen molar-refractivity contribution in [2.24, 2.45) is 7.05 Å². The molecule has 34 heavy (non-hydrogen) atoms. The highest BCUT2D eigenvalue weighted by molar-refractivity contribution is 6.07. The summed E-state index contributed by atoms with van der Waals surface area (Å²) in [5.41, 5.74) is 2.97. The number of aryl methyl sites for hydroxylation is 2. The molecule has 0 atom stereocenters. The van der Waals surface area contributed by atoms with Crippen LogP contribution in [0.4, 0.5) is 4.39 Å². The molecule has 4 aromatic rings. The highest BCUT2D eigenvalue weighted by Crippen LogP contribution is 2.29. The number of benzene rings is 1. The summed E-state index contributed by atoms with van der Waals surface area (Å²) >= 11 is 0. The van der Waals surface area contributed by atoms with Gasteiger partial charge in [0.2, 0.25) is 0 Å². The van der Waals surface area contributed by atoms with Gasteiger partial charge in [-0.05, 0) is 50.1 Å². The lowest BCUT2D eigenvalue weighted by molar-refractivity contribution is 0.0700. The van der Waals surface area contributed by atoms with Gasteiger partial charge in [-0.25, -0.2) is 9.37 Å². The van der Waals surface area contributed by atoms with E-state index in [0.717, 1.165) is 0 Å². The van der Waals surface area contributed by atoms with Gasteiger partial charge in [0.15, 0.2) is 0 Å². The van der Waals surface area contributed by atoms with Crippen molar-refractivity contribution in [3.05, 3.63) is 65.4 Å². The van der Waals surface area contributed by atoms with Gasteiger partial charge in [0.25, 0.3) is 17.5 Å². The second-order valence-corrected chi connectivity index (χ2v) is 8.45. The van der Waals surface area contributed by atoms with Crippen LogP contribution in [0.5, 0.6) is 0 Å². The molecule has 9 nitrogen and oxygen atoms in total. The quantitative estimate of drug-likeness (QED) is 0.500. The lowest BCUT2D eigenvalue weighted by Gasteiger charge is -2.32. The van der Waals surface area contributed by atoms with Crippen LogP contribution < -0.4 is 5.32 Å². The minimum absolute atomic E-state index is 0.0266. The number of amides is 2. The summed E-state index contributed by atoms with van der Waals surface area (Å²) in [6, 6.07) is 7.59. The summed E-state index contributed by atoms with van der Waals surface area (Å²) in [5.74, 6) is -0.674. The summed E-state index contributed by atoms with van der Waals surface area (Å²) in [6.45, 7) is 2.76. The normalized spacial score (nSPS) is 14.5. The van der Waals surface area contributed by atoms with E-state index in [0.29, 0.717) is 59.4 Å². The third kappa shape index (κ3) is 4.14. The Kier molecular flexibility index (Phi) is 5.56. The first-order valence-electron chi connectivity index (χ1n) is 11.0. The topological polar surface area (TPSA) is 106 Å². The zero-order chi connectivity index (χ0) is 23.8. The molecule has 4 heterocycles. The fraction of sp³-hybridized carbons (Fsp3) is 0.292. The number of carbonyl (C=O) groups is 2. The molecule has 0 aliphatic carbocycles. The Hall–Kier alpha value is -4.08. The molecule has 1 saturated heterocycles. The van der Waals surface area contributed by atoms with Crippen molar-refractivity contribution >= 4 is 22.9 Å². The van der Waals surface area contributed by atoms with E-state index < -0.39 is 0 Å². The molecular formula is C24H23FN6O3. The molecule has 0 radical (unpaired) electrons. The van der Waals surface area contributed by atoms with Crippen LogP contribution in [0, 0.1) is 12.7 Å². The molecule has 1 aliphatic rings. The van der Waals surface area contributed by atoms with E-state index in [1.54, 1.807) is 47.9 Å². The first-order chi connectivity index (χ1) is 16.4. The van der Waals surface area contributed by atoms with Crippen LogP contribution in [0.1, 0.15) is 39.3 Å². The van der Waals surface area contributed by atoms with E-state index in [9.17, 15) is 14.0 Å². The number of halogens is 1. The lowest BCUT2D eigenvalue weighted by Crippen LogP contribution is -2.46. The minimum Gasteiger partial charge on any atom is -0.349 e. The number of piperidine rings is 1. The number of nitrogens with zero attached hydrogens (tertiary/aromatic N) is 5. The van der Waals surface area contributed by atoms with Crippen LogP contribution in [0.15, 0.2) is 47.2 Å². The molecule has 0 unspecified atom stereocenters. The Morgan fingerprint density at radius 1 is 1.18 bits per heavy atom. The monoisotopic (exact) mass is 462 g/mol. The molecule has 0 bridgehead atoms. The third-order valence-corrected chi connectivity index (χ3v) is 6.07. The SMILES string of the molecule is Cc1noc2nc(-c3ccc(F)cc3)cc(C(=O)N3CCC(NC(=O)c4cnn(C)c4)CC3)c12. The van der Waals surface area contributed by atoms with Gasteiger partial charge in [-0.3, -0.25) is 14.3 Å². The van der Waals surface area contributed by atoms with E-state index in [1.165, 1.54) is 18.3 Å². The number of rotatable bonds is 4. The van der Waals surface area contributed by atoms with Gasteiger partial charge in [-0.1, -0.05) is 5.16 Å². The number of hydrogen-bond acceptors (Lipinski definition) is 6. The maximum Gasteiger partial charge on any atom is 0.259 e. The molecule has 0 saturated carbocycles. The lowest BCUT2D eigenvalue weighted by atomic mass is 10.0. The summed E-state index contributed by atoms with van der Waals surface area (Å²) in [5, 5.41) is 11.6. The van der Waals surface area contributed by atoms with Gasteiger partial charge in [-0.15, -0.1) is 0 Å². The van der Waals surface area contributed by atoms with E-state index in [2.05, 4.69) is 20.6 Å². The molecule has 1 aliphatic heterocycles. The van der Waals surface area contributed by atoms with E-state index in [-0.39, 0.29) is 29.4 Å². The third-order valence-electron chi connectivity index (χ3n) is 6.07. The number of pyridine rings is 1. The molecular weight excluding hydrogens is 439 g/mol. The molecule has 5 rings (SSSR count). The predicted octanol–water partition coefficient (Wildman–Crippen LogP) is 3.11. The molecule has 174 valence electrons. The van der Waals surface area contributed by atoms with Crippen LogP contribution in [0.25, 0.3) is 22.4 Å². The van der Waals surface area contributed by atoms with Crippen molar-refractivity contribution in [1.82, 2.24) is 30.1 Å².